The molecule has 0 spiro atoms. The Labute approximate surface area is 92.4 Å². The van der Waals surface area contributed by atoms with E-state index < -0.39 is 0 Å². The second-order valence-corrected chi connectivity index (χ2v) is 4.50. The van der Waals surface area contributed by atoms with Gasteiger partial charge < -0.3 is 5.32 Å². The molecule has 1 aromatic carbocycles. The molecule has 0 heterocycles. The van der Waals surface area contributed by atoms with Crippen LogP contribution in [0, 0.1) is 0 Å². The fourth-order valence-electron chi connectivity index (χ4n) is 1.14. The molecule has 0 bridgehead atoms. The molecule has 0 amide bonds. The zero-order valence-electron chi connectivity index (χ0n) is 7.93. The van der Waals surface area contributed by atoms with Gasteiger partial charge in [0.2, 0.25) is 0 Å². The van der Waals surface area contributed by atoms with Crippen molar-refractivity contribution in [2.24, 2.45) is 0 Å². The molecule has 0 atom stereocenters. The summed E-state index contributed by atoms with van der Waals surface area (Å²) < 4.78 is 1.15. The van der Waals surface area contributed by atoms with Crippen LogP contribution in [-0.4, -0.2) is 12.8 Å². The minimum atomic E-state index is 0.951. The lowest BCUT2D eigenvalue weighted by Gasteiger charge is -2.07. The Bertz CT molecular complexity index is 276. The monoisotopic (exact) mass is 259 g/mol. The highest BCUT2D eigenvalue weighted by molar-refractivity contribution is 9.10. The normalized spacial score (nSPS) is 10.4. The van der Waals surface area contributed by atoms with Crippen LogP contribution in [0.4, 0.5) is 0 Å². The van der Waals surface area contributed by atoms with Crippen molar-refractivity contribution in [3.8, 4) is 0 Å². The third-order valence-corrected chi connectivity index (χ3v) is 3.14. The fourth-order valence-corrected chi connectivity index (χ4v) is 2.15. The largest absolute Gasteiger partial charge is 0.313 e. The van der Waals surface area contributed by atoms with Crippen molar-refractivity contribution in [3.05, 3.63) is 28.2 Å². The smallest absolute Gasteiger partial charge is 0.0216 e. The SMILES string of the molecule is CCNCc1cc(Br)ccc1SC. The molecule has 0 saturated carbocycles. The van der Waals surface area contributed by atoms with Crippen LogP contribution in [0.3, 0.4) is 0 Å². The maximum absolute atomic E-state index is 3.48. The van der Waals surface area contributed by atoms with E-state index in [2.05, 4.69) is 52.6 Å². The number of nitrogens with one attached hydrogen (secondary N) is 1. The summed E-state index contributed by atoms with van der Waals surface area (Å²) in [6.07, 6.45) is 2.11. The van der Waals surface area contributed by atoms with Crippen LogP contribution in [0.25, 0.3) is 0 Å². The number of hydrogen-bond donors (Lipinski definition) is 1. The number of halogens is 1. The predicted octanol–water partition coefficient (Wildman–Crippen LogP) is 3.28. The average molecular weight is 260 g/mol. The minimum absolute atomic E-state index is 0.951. The van der Waals surface area contributed by atoms with Crippen molar-refractivity contribution < 1.29 is 0 Å². The molecule has 13 heavy (non-hydrogen) atoms. The maximum atomic E-state index is 3.48. The van der Waals surface area contributed by atoms with Gasteiger partial charge in [-0.3, -0.25) is 0 Å². The predicted molar refractivity (Wildman–Crippen MR) is 63.3 cm³/mol. The Morgan fingerprint density at radius 2 is 2.23 bits per heavy atom. The van der Waals surface area contributed by atoms with E-state index in [4.69, 9.17) is 0 Å². The van der Waals surface area contributed by atoms with Gasteiger partial charge in [0.15, 0.2) is 0 Å². The molecule has 0 aromatic heterocycles. The number of benzene rings is 1. The van der Waals surface area contributed by atoms with E-state index in [0.29, 0.717) is 0 Å². The molecular weight excluding hydrogens is 246 g/mol. The molecule has 0 saturated heterocycles. The molecular formula is C10H14BrNS. The first-order valence-corrected chi connectivity index (χ1v) is 6.32. The average Bonchev–Trinajstić information content (AvgIpc) is 2.15. The third kappa shape index (κ3) is 3.33. The van der Waals surface area contributed by atoms with Gasteiger partial charge in [-0.15, -0.1) is 11.8 Å². The lowest BCUT2D eigenvalue weighted by Crippen LogP contribution is -2.12. The fraction of sp³-hybridized carbons (Fsp3) is 0.400. The van der Waals surface area contributed by atoms with Crippen molar-refractivity contribution in [2.45, 2.75) is 18.4 Å². The van der Waals surface area contributed by atoms with Crippen LogP contribution >= 0.6 is 27.7 Å². The Kier molecular flexibility index (Phi) is 4.84. The van der Waals surface area contributed by atoms with Gasteiger partial charge in [0, 0.05) is 15.9 Å². The molecule has 1 aromatic rings. The van der Waals surface area contributed by atoms with Crippen LogP contribution in [-0.2, 0) is 6.54 Å². The van der Waals surface area contributed by atoms with Crippen molar-refractivity contribution in [2.75, 3.05) is 12.8 Å². The lowest BCUT2D eigenvalue weighted by molar-refractivity contribution is 0.717. The highest BCUT2D eigenvalue weighted by Crippen LogP contribution is 2.23. The molecule has 3 heteroatoms. The number of rotatable bonds is 4. The minimum Gasteiger partial charge on any atom is -0.313 e. The third-order valence-electron chi connectivity index (χ3n) is 1.81. The summed E-state index contributed by atoms with van der Waals surface area (Å²) in [6, 6.07) is 6.41. The van der Waals surface area contributed by atoms with Gasteiger partial charge in [-0.05, 0) is 36.6 Å². The van der Waals surface area contributed by atoms with Crippen LogP contribution in [0.1, 0.15) is 12.5 Å². The quantitative estimate of drug-likeness (QED) is 0.834. The lowest BCUT2D eigenvalue weighted by atomic mass is 10.2. The Hall–Kier alpha value is 0.01000. The first-order chi connectivity index (χ1) is 6.27. The topological polar surface area (TPSA) is 12.0 Å². The van der Waals surface area contributed by atoms with Gasteiger partial charge in [0.25, 0.3) is 0 Å². The van der Waals surface area contributed by atoms with Crippen LogP contribution < -0.4 is 5.32 Å². The zero-order chi connectivity index (χ0) is 9.68. The first-order valence-electron chi connectivity index (χ1n) is 4.31. The summed E-state index contributed by atoms with van der Waals surface area (Å²) >= 11 is 5.27. The number of thioether (sulfide) groups is 1. The van der Waals surface area contributed by atoms with Crippen LogP contribution in [0.5, 0.6) is 0 Å². The molecule has 0 unspecified atom stereocenters. The van der Waals surface area contributed by atoms with Crippen molar-refractivity contribution in [3.63, 3.8) is 0 Å². The molecule has 1 rings (SSSR count). The Morgan fingerprint density at radius 1 is 1.46 bits per heavy atom. The van der Waals surface area contributed by atoms with Crippen molar-refractivity contribution >= 4 is 27.7 Å². The van der Waals surface area contributed by atoms with Crippen molar-refractivity contribution in [1.82, 2.24) is 5.32 Å². The second-order valence-electron chi connectivity index (χ2n) is 2.74. The van der Waals surface area contributed by atoms with E-state index in [-0.39, 0.29) is 0 Å². The molecule has 72 valence electrons. The van der Waals surface area contributed by atoms with Crippen LogP contribution in [0.15, 0.2) is 27.6 Å². The second kappa shape index (κ2) is 5.68. The highest BCUT2D eigenvalue weighted by Gasteiger charge is 2.00. The molecule has 0 aliphatic heterocycles. The first kappa shape index (κ1) is 11.1. The number of hydrogen-bond acceptors (Lipinski definition) is 2. The summed E-state index contributed by atoms with van der Waals surface area (Å²) in [6.45, 7) is 4.09. The molecule has 0 radical (unpaired) electrons. The summed E-state index contributed by atoms with van der Waals surface area (Å²) in [4.78, 5) is 1.35. The van der Waals surface area contributed by atoms with E-state index in [1.165, 1.54) is 10.5 Å². The van der Waals surface area contributed by atoms with Crippen molar-refractivity contribution in [1.29, 1.82) is 0 Å². The van der Waals surface area contributed by atoms with Gasteiger partial charge in [-0.1, -0.05) is 22.9 Å². The zero-order valence-corrected chi connectivity index (χ0v) is 10.3. The Morgan fingerprint density at radius 3 is 2.85 bits per heavy atom. The standard InChI is InChI=1S/C10H14BrNS/c1-3-12-7-8-6-9(11)4-5-10(8)13-2/h4-6,12H,3,7H2,1-2H3. The van der Waals surface area contributed by atoms with Gasteiger partial charge in [0.05, 0.1) is 0 Å². The van der Waals surface area contributed by atoms with E-state index in [0.717, 1.165) is 17.6 Å². The van der Waals surface area contributed by atoms with E-state index in [1.807, 2.05) is 0 Å². The van der Waals surface area contributed by atoms with Gasteiger partial charge >= 0.3 is 0 Å². The molecule has 1 nitrogen and oxygen atoms in total. The van der Waals surface area contributed by atoms with Gasteiger partial charge in [-0.25, -0.2) is 0 Å². The van der Waals surface area contributed by atoms with Gasteiger partial charge in [-0.2, -0.15) is 0 Å². The van der Waals surface area contributed by atoms with Crippen LogP contribution in [0.2, 0.25) is 0 Å². The summed E-state index contributed by atoms with van der Waals surface area (Å²) in [7, 11) is 0. The van der Waals surface area contributed by atoms with Gasteiger partial charge in [0.1, 0.15) is 0 Å². The highest BCUT2D eigenvalue weighted by atomic mass is 79.9. The van der Waals surface area contributed by atoms with E-state index in [9.17, 15) is 0 Å². The molecule has 0 aliphatic carbocycles. The summed E-state index contributed by atoms with van der Waals surface area (Å²) in [5.74, 6) is 0. The maximum Gasteiger partial charge on any atom is 0.0216 e. The van der Waals surface area contributed by atoms with E-state index >= 15 is 0 Å². The Balaban J connectivity index is 2.81. The van der Waals surface area contributed by atoms with E-state index in [1.54, 1.807) is 11.8 Å². The summed E-state index contributed by atoms with van der Waals surface area (Å²) in [5, 5.41) is 3.33. The molecule has 0 fully saturated rings. The molecule has 1 N–H and O–H groups in total. The summed E-state index contributed by atoms with van der Waals surface area (Å²) in [5.41, 5.74) is 1.36. The molecule has 0 aliphatic rings.